The zero-order valence-electron chi connectivity index (χ0n) is 43.0. The molecule has 1 aliphatic rings. The van der Waals surface area contributed by atoms with Crippen molar-refractivity contribution in [2.24, 2.45) is 17.6 Å². The van der Waals surface area contributed by atoms with Crippen LogP contribution >= 0.6 is 0 Å². The number of rotatable bonds is 19. The van der Waals surface area contributed by atoms with E-state index in [1.165, 1.54) is 17.5 Å². The van der Waals surface area contributed by atoms with Gasteiger partial charge in [0.1, 0.15) is 30.8 Å². The number of hydrogen-bond donors (Lipinski definition) is 2. The molecule has 4 bridgehead atoms. The minimum atomic E-state index is -1.22. The van der Waals surface area contributed by atoms with Gasteiger partial charge in [0, 0.05) is 74.3 Å². The van der Waals surface area contributed by atoms with Crippen molar-refractivity contribution in [1.82, 2.24) is 30.0 Å². The Kier molecular flexibility index (Phi) is 19.1. The topological polar surface area (TPSA) is 201 Å². The number of likely N-dealkylation sites (N-methyl/N-ethyl adjacent to an activating group) is 3. The van der Waals surface area contributed by atoms with Crippen LogP contribution in [0.5, 0.6) is 11.5 Å². The Hall–Kier alpha value is -6.34. The second-order valence-corrected chi connectivity index (χ2v) is 20.0. The maximum absolute atomic E-state index is 15.0. The molecule has 0 fully saturated rings. The molecule has 0 unspecified atom stereocenters. The first-order valence-electron chi connectivity index (χ1n) is 24.1. The quantitative estimate of drug-likeness (QED) is 0.0926. The lowest BCUT2D eigenvalue weighted by Gasteiger charge is -2.32. The van der Waals surface area contributed by atoms with Crippen LogP contribution in [0.1, 0.15) is 104 Å². The summed E-state index contributed by atoms with van der Waals surface area (Å²) in [5, 5.41) is 12.2. The van der Waals surface area contributed by atoms with Crippen LogP contribution < -0.4 is 20.5 Å². The molecule has 2 heterocycles. The first-order chi connectivity index (χ1) is 33.1. The monoisotopic (exact) mass is 957 g/mol. The van der Waals surface area contributed by atoms with Gasteiger partial charge < -0.3 is 35.2 Å². The Morgan fingerprint density at radius 2 is 1.44 bits per heavy atom. The molecule has 15 nitrogen and oxygen atoms in total. The van der Waals surface area contributed by atoms with E-state index in [-0.39, 0.29) is 62.1 Å². The van der Waals surface area contributed by atoms with Crippen molar-refractivity contribution < 1.29 is 33.4 Å². The van der Waals surface area contributed by atoms with Gasteiger partial charge in [-0.15, -0.1) is 0 Å². The molecule has 3 aromatic carbocycles. The van der Waals surface area contributed by atoms with E-state index in [9.17, 15) is 29.2 Å². The molecule has 2 amide bonds. The Bertz CT molecular complexity index is 2540. The molecule has 0 radical (unpaired) electrons. The number of nitrogens with two attached hydrogens (primary N) is 1. The summed E-state index contributed by atoms with van der Waals surface area (Å²) in [7, 11) is 9.31. The normalized spacial score (nSPS) is 16.8. The van der Waals surface area contributed by atoms with Gasteiger partial charge in [-0.1, -0.05) is 64.1 Å². The number of amides is 2. The lowest BCUT2D eigenvalue weighted by atomic mass is 9.86. The number of fused-ring (bicyclic) bond motifs is 5. The number of nitrogens with zero attached hydrogens (tertiary/aromatic N) is 6. The molecule has 4 atom stereocenters. The van der Waals surface area contributed by atoms with Gasteiger partial charge in [-0.2, -0.15) is 5.26 Å². The van der Waals surface area contributed by atoms with E-state index in [2.05, 4.69) is 38.2 Å². The van der Waals surface area contributed by atoms with Crippen molar-refractivity contribution in [2.45, 2.75) is 97.6 Å². The number of ether oxygens (including phenoxy) is 2. The zero-order valence-corrected chi connectivity index (χ0v) is 43.0. The SMILES string of the molecule is Cc1nc(-c2ccc(C(C)(C)C)cc2)nc(C)c1C(=O)C[C@@H](CCN)C(=O)N(C)[C@@H]1C(=O)C[C@@H](C)C(=O)N[C@H](C(=O)CCC#N)Cc2ccc(OCCN(C)C)c(c2)-c2cc1ccc2OCCN(C)C. The van der Waals surface area contributed by atoms with Crippen LogP contribution in [-0.4, -0.2) is 128 Å². The van der Waals surface area contributed by atoms with Crippen LogP contribution in [0.4, 0.5) is 0 Å². The van der Waals surface area contributed by atoms with Gasteiger partial charge in [0.2, 0.25) is 11.8 Å². The van der Waals surface area contributed by atoms with Gasteiger partial charge in [-0.25, -0.2) is 9.97 Å². The lowest BCUT2D eigenvalue weighted by Crippen LogP contribution is -2.46. The average Bonchev–Trinajstić information content (AvgIpc) is 3.29. The van der Waals surface area contributed by atoms with Gasteiger partial charge in [0.15, 0.2) is 23.2 Å². The molecule has 4 aromatic rings. The van der Waals surface area contributed by atoms with Crippen molar-refractivity contribution in [3.8, 4) is 40.1 Å². The Morgan fingerprint density at radius 3 is 2.00 bits per heavy atom. The van der Waals surface area contributed by atoms with E-state index in [1.54, 1.807) is 32.9 Å². The first-order valence-corrected chi connectivity index (χ1v) is 24.1. The Labute approximate surface area is 414 Å². The number of nitrogens with one attached hydrogen (secondary N) is 1. The van der Waals surface area contributed by atoms with Crippen LogP contribution in [0.25, 0.3) is 22.5 Å². The summed E-state index contributed by atoms with van der Waals surface area (Å²) < 4.78 is 12.9. The van der Waals surface area contributed by atoms with Crippen LogP contribution in [0.15, 0.2) is 60.7 Å². The zero-order chi connectivity index (χ0) is 51.4. The highest BCUT2D eigenvalue weighted by Crippen LogP contribution is 2.41. The second kappa shape index (κ2) is 24.5. The van der Waals surface area contributed by atoms with Gasteiger partial charge in [-0.3, -0.25) is 24.0 Å². The van der Waals surface area contributed by atoms with Gasteiger partial charge in [0.05, 0.1) is 29.1 Å². The Morgan fingerprint density at radius 1 is 0.857 bits per heavy atom. The van der Waals surface area contributed by atoms with E-state index in [4.69, 9.17) is 25.2 Å². The molecule has 374 valence electrons. The van der Waals surface area contributed by atoms with Crippen molar-refractivity contribution >= 4 is 29.2 Å². The highest BCUT2D eigenvalue weighted by molar-refractivity contribution is 6.01. The number of Topliss-reactive ketones (excluding diaryl/α,β-unsaturated/α-hetero) is 3. The van der Waals surface area contributed by atoms with Gasteiger partial charge in [-0.05, 0) is 108 Å². The van der Waals surface area contributed by atoms with E-state index in [1.807, 2.05) is 80.5 Å². The largest absolute Gasteiger partial charge is 0.492 e. The number of hydrogen-bond acceptors (Lipinski definition) is 13. The van der Waals surface area contributed by atoms with Crippen molar-refractivity contribution in [1.29, 1.82) is 5.26 Å². The van der Waals surface area contributed by atoms with Crippen LogP contribution in [0, 0.1) is 37.0 Å². The number of benzene rings is 3. The van der Waals surface area contributed by atoms with Gasteiger partial charge >= 0.3 is 0 Å². The number of ketones is 3. The third-order valence-corrected chi connectivity index (χ3v) is 12.7. The van der Waals surface area contributed by atoms with Crippen LogP contribution in [0.2, 0.25) is 0 Å². The molecule has 15 heteroatoms. The fourth-order valence-corrected chi connectivity index (χ4v) is 8.67. The van der Waals surface area contributed by atoms with E-state index < -0.39 is 41.5 Å². The van der Waals surface area contributed by atoms with Crippen LogP contribution in [-0.2, 0) is 31.0 Å². The number of aryl methyl sites for hydroxylation is 2. The highest BCUT2D eigenvalue weighted by Gasteiger charge is 2.37. The summed E-state index contributed by atoms with van der Waals surface area (Å²) >= 11 is 0. The molecule has 0 saturated carbocycles. The molecular formula is C55H72N8O7. The molecule has 5 rings (SSSR count). The number of aromatic nitrogens is 2. The highest BCUT2D eigenvalue weighted by atomic mass is 16.5. The van der Waals surface area contributed by atoms with E-state index in [0.29, 0.717) is 77.3 Å². The summed E-state index contributed by atoms with van der Waals surface area (Å²) in [5.74, 6) is -2.39. The summed E-state index contributed by atoms with van der Waals surface area (Å²) in [4.78, 5) is 86.6. The average molecular weight is 957 g/mol. The fraction of sp³-hybridized carbons (Fsp3) is 0.491. The molecule has 70 heavy (non-hydrogen) atoms. The second-order valence-electron chi connectivity index (χ2n) is 20.0. The standard InChI is InChI=1S/C55H72N8O7/c1-34-29-47(66)51(63(11)54(68)40(22-24-57)33-46(65)50-35(2)58-52(59-36(50)3)38-15-18-41(19-16-38)55(4,5)6)39-17-21-49(70-28-26-62(9)10)43(32-39)42-30-37(14-20-48(42)69-27-25-61(7)8)31-44(60-53(34)67)45(64)13-12-23-56/h14-21,30,32,34,40,44,51H,12-13,22,24-29,31,33,57H2,1-11H3,(H,60,67)/t34-,40-,44+,51+/m1/s1. The Balaban J connectivity index is 1.60. The molecule has 0 aliphatic carbocycles. The molecule has 1 aliphatic heterocycles. The predicted octanol–water partition coefficient (Wildman–Crippen LogP) is 6.85. The third-order valence-electron chi connectivity index (χ3n) is 12.7. The van der Waals surface area contributed by atoms with Crippen molar-refractivity contribution in [2.75, 3.05) is 68.1 Å². The minimum absolute atomic E-state index is 0.0193. The molecule has 0 saturated heterocycles. The molecular weight excluding hydrogens is 885 g/mol. The molecule has 3 N–H and O–H groups in total. The van der Waals surface area contributed by atoms with Gasteiger partial charge in [0.25, 0.3) is 0 Å². The first kappa shape index (κ1) is 54.6. The summed E-state index contributed by atoms with van der Waals surface area (Å²) in [6, 6.07) is 18.8. The van der Waals surface area contributed by atoms with E-state index >= 15 is 0 Å². The van der Waals surface area contributed by atoms with Crippen molar-refractivity contribution in [3.05, 3.63) is 94.3 Å². The molecule has 0 spiro atoms. The number of nitriles is 1. The predicted molar refractivity (Wildman–Crippen MR) is 272 cm³/mol. The minimum Gasteiger partial charge on any atom is -0.492 e. The molecule has 1 aromatic heterocycles. The maximum Gasteiger partial charge on any atom is 0.226 e. The lowest BCUT2D eigenvalue weighted by molar-refractivity contribution is -0.142. The summed E-state index contributed by atoms with van der Waals surface area (Å²) in [6.07, 6.45) is -0.304. The van der Waals surface area contributed by atoms with E-state index in [0.717, 1.165) is 11.1 Å². The summed E-state index contributed by atoms with van der Waals surface area (Å²) in [6.45, 7) is 13.6. The number of carbonyl (C=O) groups excluding carboxylic acids is 5. The smallest absolute Gasteiger partial charge is 0.226 e. The maximum atomic E-state index is 15.0. The summed E-state index contributed by atoms with van der Waals surface area (Å²) in [5.41, 5.74) is 11.8. The third kappa shape index (κ3) is 14.1. The number of carbonyl (C=O) groups is 5. The fourth-order valence-electron chi connectivity index (χ4n) is 8.67. The van der Waals surface area contributed by atoms with Crippen molar-refractivity contribution in [3.63, 3.8) is 0 Å². The van der Waals surface area contributed by atoms with Crippen LogP contribution in [0.3, 0.4) is 0 Å².